The van der Waals surface area contributed by atoms with Crippen LogP contribution in [0.1, 0.15) is 12.5 Å². The van der Waals surface area contributed by atoms with Crippen LogP contribution in [0.2, 0.25) is 0 Å². The quantitative estimate of drug-likeness (QED) is 0.359. The number of carbonyl (C=O) groups is 1. The summed E-state index contributed by atoms with van der Waals surface area (Å²) < 4.78 is 1.73. The molecule has 30 heavy (non-hydrogen) atoms. The van der Waals surface area contributed by atoms with Crippen molar-refractivity contribution in [3.63, 3.8) is 0 Å². The highest BCUT2D eigenvalue weighted by atomic mass is 16.2. The second-order valence-electron chi connectivity index (χ2n) is 7.42. The number of fused-ring (bicyclic) bond motifs is 1. The molecule has 0 spiro atoms. The number of nitrogens with one attached hydrogen (secondary N) is 2. The highest BCUT2D eigenvalue weighted by Gasteiger charge is 2.30. The molecule has 1 aliphatic rings. The van der Waals surface area contributed by atoms with E-state index in [1.54, 1.807) is 34.9 Å². The molecule has 1 fully saturated rings. The van der Waals surface area contributed by atoms with Gasteiger partial charge in [0.2, 0.25) is 5.91 Å². The number of amides is 1. The maximum Gasteiger partial charge on any atom is 0.244 e. The van der Waals surface area contributed by atoms with Gasteiger partial charge >= 0.3 is 0 Å². The van der Waals surface area contributed by atoms with Gasteiger partial charge in [0.15, 0.2) is 5.65 Å². The van der Waals surface area contributed by atoms with Crippen molar-refractivity contribution < 1.29 is 4.79 Å². The van der Waals surface area contributed by atoms with Gasteiger partial charge in [0.1, 0.15) is 6.04 Å². The lowest BCUT2D eigenvalue weighted by molar-refractivity contribution is -0.137. The lowest BCUT2D eigenvalue weighted by Gasteiger charge is -2.38. The zero-order valence-corrected chi connectivity index (χ0v) is 16.6. The molecule has 2 aromatic heterocycles. The van der Waals surface area contributed by atoms with Crippen LogP contribution in [0.4, 0.5) is 5.69 Å². The van der Waals surface area contributed by atoms with Gasteiger partial charge in [-0.1, -0.05) is 12.1 Å². The van der Waals surface area contributed by atoms with Crippen molar-refractivity contribution >= 4 is 29.0 Å². The summed E-state index contributed by atoms with van der Waals surface area (Å²) >= 11 is 0. The number of hydrogen-bond donors (Lipinski definition) is 4. The molecule has 1 aliphatic heterocycles. The number of nitrogen functional groups attached to an aromatic ring is 1. The Morgan fingerprint density at radius 3 is 2.83 bits per heavy atom. The van der Waals surface area contributed by atoms with Gasteiger partial charge in [-0.25, -0.2) is 9.50 Å². The van der Waals surface area contributed by atoms with Crippen LogP contribution in [-0.4, -0.2) is 56.8 Å². The monoisotopic (exact) mass is 404 g/mol. The van der Waals surface area contributed by atoms with Crippen LogP contribution in [0.15, 0.2) is 48.9 Å². The Balaban J connectivity index is 1.54. The summed E-state index contributed by atoms with van der Waals surface area (Å²) in [5.74, 6) is -0.00843. The van der Waals surface area contributed by atoms with Crippen molar-refractivity contribution in [3.05, 3.63) is 54.5 Å². The third-order valence-corrected chi connectivity index (χ3v) is 5.11. The Labute approximate surface area is 173 Å². The summed E-state index contributed by atoms with van der Waals surface area (Å²) in [5, 5.41) is 15.3. The Kier molecular flexibility index (Phi) is 5.20. The highest BCUT2D eigenvalue weighted by molar-refractivity contribution is 6.08. The van der Waals surface area contributed by atoms with Crippen molar-refractivity contribution in [2.45, 2.75) is 19.0 Å². The Morgan fingerprint density at radius 2 is 2.13 bits per heavy atom. The number of allylic oxidation sites excluding steroid dienone is 1. The lowest BCUT2D eigenvalue weighted by atomic mass is 10.1. The van der Waals surface area contributed by atoms with Gasteiger partial charge in [-0.05, 0) is 25.1 Å². The first-order chi connectivity index (χ1) is 14.5. The average Bonchev–Trinajstić information content (AvgIpc) is 3.14. The van der Waals surface area contributed by atoms with Crippen LogP contribution in [0, 0.1) is 5.41 Å². The number of benzene rings is 1. The number of anilines is 1. The molecule has 3 heterocycles. The van der Waals surface area contributed by atoms with Crippen LogP contribution in [-0.2, 0) is 4.79 Å². The normalized spacial score (nSPS) is 15.7. The zero-order chi connectivity index (χ0) is 21.3. The Bertz CT molecular complexity index is 1130. The van der Waals surface area contributed by atoms with Crippen molar-refractivity contribution in [1.29, 1.82) is 5.41 Å². The molecule has 1 amide bonds. The van der Waals surface area contributed by atoms with Crippen molar-refractivity contribution in [2.24, 2.45) is 5.73 Å². The van der Waals surface area contributed by atoms with Crippen LogP contribution in [0.25, 0.3) is 22.5 Å². The predicted octanol–water partition coefficient (Wildman–Crippen LogP) is 1.12. The molecule has 1 saturated heterocycles. The highest BCUT2D eigenvalue weighted by Crippen LogP contribution is 2.23. The number of rotatable bonds is 6. The molecule has 0 saturated carbocycles. The number of nitrogens with two attached hydrogens (primary N) is 2. The van der Waals surface area contributed by atoms with Crippen molar-refractivity contribution in [2.75, 3.05) is 18.8 Å². The molecule has 1 aromatic carbocycles. The summed E-state index contributed by atoms with van der Waals surface area (Å²) in [6.07, 6.45) is 6.29. The minimum absolute atomic E-state index is 0.00843. The fourth-order valence-electron chi connectivity index (χ4n) is 3.39. The van der Waals surface area contributed by atoms with Gasteiger partial charge in [-0.15, -0.1) is 0 Å². The standard InChI is InChI=1S/C21H24N8O/c1-13(21(30)28-11-18(24)12-28)25-8-16(7-22)15-6-20-26-10-19(29(20)27-9-15)14-3-2-4-17(23)5-14/h2-10,13,18,22,25H,11-12,23-24H2,1H3/b16-8+,22-7?. The first-order valence-electron chi connectivity index (χ1n) is 9.67. The van der Waals surface area contributed by atoms with Gasteiger partial charge in [-0.3, -0.25) is 4.79 Å². The zero-order valence-electron chi connectivity index (χ0n) is 16.6. The maximum atomic E-state index is 12.3. The number of nitrogens with zero attached hydrogens (tertiary/aromatic N) is 4. The van der Waals surface area contributed by atoms with Gasteiger partial charge in [-0.2, -0.15) is 5.10 Å². The summed E-state index contributed by atoms with van der Waals surface area (Å²) in [6, 6.07) is 9.04. The van der Waals surface area contributed by atoms with E-state index < -0.39 is 6.04 Å². The molecule has 0 radical (unpaired) electrons. The summed E-state index contributed by atoms with van der Waals surface area (Å²) in [7, 11) is 0. The van der Waals surface area contributed by atoms with E-state index in [-0.39, 0.29) is 11.9 Å². The first-order valence-corrected chi connectivity index (χ1v) is 9.67. The van der Waals surface area contributed by atoms with Crippen LogP contribution in [0.5, 0.6) is 0 Å². The molecule has 6 N–H and O–H groups in total. The minimum Gasteiger partial charge on any atom is -0.399 e. The van der Waals surface area contributed by atoms with E-state index in [1.807, 2.05) is 30.3 Å². The topological polar surface area (TPSA) is 138 Å². The van der Waals surface area contributed by atoms with Crippen LogP contribution < -0.4 is 16.8 Å². The molecule has 4 rings (SSSR count). The number of hydrogen-bond acceptors (Lipinski definition) is 7. The fraction of sp³-hybridized carbons (Fsp3) is 0.238. The smallest absolute Gasteiger partial charge is 0.244 e. The summed E-state index contributed by atoms with van der Waals surface area (Å²) in [4.78, 5) is 18.5. The molecular weight excluding hydrogens is 380 g/mol. The van der Waals surface area contributed by atoms with E-state index in [4.69, 9.17) is 16.9 Å². The molecule has 9 heteroatoms. The Morgan fingerprint density at radius 1 is 1.33 bits per heavy atom. The van der Waals surface area contributed by atoms with E-state index in [0.717, 1.165) is 16.8 Å². The summed E-state index contributed by atoms with van der Waals surface area (Å²) in [6.45, 7) is 2.96. The Hall–Kier alpha value is -3.72. The SMILES string of the molecule is CC(N/C=C(\C=N)c1cnn2c(-c3cccc(N)c3)cnc2c1)C(=O)N1CC(N)C1. The maximum absolute atomic E-state index is 12.3. The second-order valence-corrected chi connectivity index (χ2v) is 7.42. The second kappa shape index (κ2) is 7.96. The lowest BCUT2D eigenvalue weighted by Crippen LogP contribution is -2.60. The van der Waals surface area contributed by atoms with Gasteiger partial charge in [0.25, 0.3) is 0 Å². The molecule has 0 aliphatic carbocycles. The van der Waals surface area contributed by atoms with Gasteiger partial charge in [0, 0.05) is 53.9 Å². The molecule has 154 valence electrons. The summed E-state index contributed by atoms with van der Waals surface area (Å²) in [5.41, 5.74) is 16.0. The van der Waals surface area contributed by atoms with Crippen molar-refractivity contribution in [1.82, 2.24) is 24.8 Å². The van der Waals surface area contributed by atoms with Crippen molar-refractivity contribution in [3.8, 4) is 11.3 Å². The molecule has 1 unspecified atom stereocenters. The molecular formula is C21H24N8O. The third kappa shape index (κ3) is 3.74. The van der Waals surface area contributed by atoms with E-state index in [1.165, 1.54) is 6.21 Å². The van der Waals surface area contributed by atoms with E-state index in [9.17, 15) is 4.79 Å². The largest absolute Gasteiger partial charge is 0.399 e. The molecule has 3 aromatic rings. The number of carbonyl (C=O) groups excluding carboxylic acids is 1. The number of likely N-dealkylation sites (tertiary alicyclic amines) is 1. The van der Waals surface area contributed by atoms with Crippen LogP contribution >= 0.6 is 0 Å². The molecule has 9 nitrogen and oxygen atoms in total. The van der Waals surface area contributed by atoms with E-state index >= 15 is 0 Å². The molecule has 1 atom stereocenters. The minimum atomic E-state index is -0.411. The first kappa shape index (κ1) is 19.6. The fourth-order valence-corrected chi connectivity index (χ4v) is 3.39. The van der Waals surface area contributed by atoms with E-state index in [2.05, 4.69) is 15.4 Å². The predicted molar refractivity (Wildman–Crippen MR) is 117 cm³/mol. The number of imidazole rings is 1. The number of aromatic nitrogens is 3. The van der Waals surface area contributed by atoms with E-state index in [0.29, 0.717) is 30.0 Å². The average molecular weight is 404 g/mol. The van der Waals surface area contributed by atoms with Gasteiger partial charge < -0.3 is 27.1 Å². The van der Waals surface area contributed by atoms with Crippen LogP contribution in [0.3, 0.4) is 0 Å². The third-order valence-electron chi connectivity index (χ3n) is 5.11. The van der Waals surface area contributed by atoms with Gasteiger partial charge in [0.05, 0.1) is 18.1 Å². The molecule has 0 bridgehead atoms.